The van der Waals surface area contributed by atoms with Gasteiger partial charge >= 0.3 is 0 Å². The Bertz CT molecular complexity index is 1000. The SMILES string of the molecule is O=C(C1=C(O)C(=O)N(Cc2ccncc2)C1c1ccncc1)c1cccs1. The third kappa shape index (κ3) is 3.13. The molecule has 4 rings (SSSR count). The molecule has 1 atom stereocenters. The smallest absolute Gasteiger partial charge is 0.290 e. The van der Waals surface area contributed by atoms with Crippen LogP contribution in [0.2, 0.25) is 0 Å². The molecule has 0 saturated heterocycles. The number of rotatable bonds is 5. The molecule has 0 aromatic carbocycles. The molecule has 1 aliphatic rings. The predicted molar refractivity (Wildman–Crippen MR) is 100 cm³/mol. The number of aliphatic hydroxyl groups is 1. The van der Waals surface area contributed by atoms with Crippen molar-refractivity contribution in [1.29, 1.82) is 0 Å². The molecule has 1 unspecified atom stereocenters. The van der Waals surface area contributed by atoms with Crippen LogP contribution < -0.4 is 0 Å². The number of Topliss-reactive ketones (excluding diaryl/α,β-unsaturated/α-hetero) is 1. The van der Waals surface area contributed by atoms with E-state index in [1.165, 1.54) is 16.2 Å². The standard InChI is InChI=1S/C20H15N3O3S/c24-18(15-2-1-11-27-15)16-17(14-5-9-22-10-6-14)23(20(26)19(16)25)12-13-3-7-21-8-4-13/h1-11,17,25H,12H2. The van der Waals surface area contributed by atoms with Gasteiger partial charge in [0.25, 0.3) is 5.91 Å². The number of pyridine rings is 2. The lowest BCUT2D eigenvalue weighted by Gasteiger charge is -2.26. The number of hydrogen-bond donors (Lipinski definition) is 1. The topological polar surface area (TPSA) is 83.4 Å². The molecule has 3 aromatic heterocycles. The van der Waals surface area contributed by atoms with E-state index < -0.39 is 17.7 Å². The first-order valence-corrected chi connectivity index (χ1v) is 9.16. The van der Waals surface area contributed by atoms with Crippen LogP contribution in [0.3, 0.4) is 0 Å². The molecule has 0 aliphatic carbocycles. The van der Waals surface area contributed by atoms with E-state index in [-0.39, 0.29) is 17.9 Å². The van der Waals surface area contributed by atoms with Crippen LogP contribution in [0.4, 0.5) is 0 Å². The third-order valence-electron chi connectivity index (χ3n) is 4.42. The van der Waals surface area contributed by atoms with Crippen LogP contribution in [0.1, 0.15) is 26.8 Å². The largest absolute Gasteiger partial charge is 0.503 e. The average molecular weight is 377 g/mol. The highest BCUT2D eigenvalue weighted by Crippen LogP contribution is 2.40. The monoisotopic (exact) mass is 377 g/mol. The van der Waals surface area contributed by atoms with Crippen molar-refractivity contribution >= 4 is 23.0 Å². The van der Waals surface area contributed by atoms with Gasteiger partial charge in [-0.15, -0.1) is 11.3 Å². The molecule has 0 saturated carbocycles. The molecule has 27 heavy (non-hydrogen) atoms. The van der Waals surface area contributed by atoms with E-state index in [0.717, 1.165) is 11.1 Å². The van der Waals surface area contributed by atoms with Gasteiger partial charge in [-0.05, 0) is 46.8 Å². The van der Waals surface area contributed by atoms with Crippen LogP contribution in [0.25, 0.3) is 0 Å². The van der Waals surface area contributed by atoms with Crippen molar-refractivity contribution in [2.45, 2.75) is 12.6 Å². The molecule has 1 amide bonds. The molecule has 1 aliphatic heterocycles. The van der Waals surface area contributed by atoms with E-state index >= 15 is 0 Å². The molecule has 6 nitrogen and oxygen atoms in total. The normalized spacial score (nSPS) is 16.8. The zero-order chi connectivity index (χ0) is 18.8. The number of amides is 1. The van der Waals surface area contributed by atoms with Gasteiger partial charge in [-0.3, -0.25) is 19.6 Å². The van der Waals surface area contributed by atoms with E-state index in [1.807, 2.05) is 0 Å². The summed E-state index contributed by atoms with van der Waals surface area (Å²) >= 11 is 1.28. The summed E-state index contributed by atoms with van der Waals surface area (Å²) in [5, 5.41) is 12.3. The van der Waals surface area contributed by atoms with Crippen LogP contribution in [-0.4, -0.2) is 31.7 Å². The summed E-state index contributed by atoms with van der Waals surface area (Å²) in [5.74, 6) is -1.40. The van der Waals surface area contributed by atoms with E-state index in [4.69, 9.17) is 0 Å². The first kappa shape index (κ1) is 17.1. The molecular formula is C20H15N3O3S. The van der Waals surface area contributed by atoms with Crippen molar-refractivity contribution in [3.63, 3.8) is 0 Å². The van der Waals surface area contributed by atoms with E-state index in [2.05, 4.69) is 9.97 Å². The van der Waals surface area contributed by atoms with Crippen molar-refractivity contribution in [3.05, 3.63) is 93.9 Å². The van der Waals surface area contributed by atoms with Crippen LogP contribution >= 0.6 is 11.3 Å². The summed E-state index contributed by atoms with van der Waals surface area (Å²) in [6.45, 7) is 0.250. The summed E-state index contributed by atoms with van der Waals surface area (Å²) in [6.07, 6.45) is 6.49. The fraction of sp³-hybridized carbons (Fsp3) is 0.100. The summed E-state index contributed by atoms with van der Waals surface area (Å²) < 4.78 is 0. The van der Waals surface area contributed by atoms with E-state index in [9.17, 15) is 14.7 Å². The Labute approximate surface area is 159 Å². The summed E-state index contributed by atoms with van der Waals surface area (Å²) in [4.78, 5) is 35.8. The van der Waals surface area contributed by atoms with Gasteiger partial charge in [-0.2, -0.15) is 0 Å². The lowest BCUT2D eigenvalue weighted by atomic mass is 9.96. The highest BCUT2D eigenvalue weighted by atomic mass is 32.1. The Balaban J connectivity index is 1.79. The van der Waals surface area contributed by atoms with Gasteiger partial charge in [-0.1, -0.05) is 6.07 Å². The van der Waals surface area contributed by atoms with Crippen molar-refractivity contribution in [2.75, 3.05) is 0 Å². The Kier molecular flexibility index (Phi) is 4.52. The number of thiophene rings is 1. The number of aliphatic hydroxyl groups excluding tert-OH is 1. The lowest BCUT2D eigenvalue weighted by Crippen LogP contribution is -2.30. The second-order valence-corrected chi connectivity index (χ2v) is 6.99. The highest BCUT2D eigenvalue weighted by molar-refractivity contribution is 7.12. The predicted octanol–water partition coefficient (Wildman–Crippen LogP) is 3.32. The molecule has 7 heteroatoms. The number of carbonyl (C=O) groups is 2. The second-order valence-electron chi connectivity index (χ2n) is 6.04. The van der Waals surface area contributed by atoms with Crippen LogP contribution in [0.5, 0.6) is 0 Å². The van der Waals surface area contributed by atoms with E-state index in [1.54, 1.807) is 66.6 Å². The molecule has 4 heterocycles. The maximum absolute atomic E-state index is 13.0. The van der Waals surface area contributed by atoms with Crippen molar-refractivity contribution in [1.82, 2.24) is 14.9 Å². The number of nitrogens with zero attached hydrogens (tertiary/aromatic N) is 3. The van der Waals surface area contributed by atoms with Gasteiger partial charge in [-0.25, -0.2) is 0 Å². The molecular weight excluding hydrogens is 362 g/mol. The van der Waals surface area contributed by atoms with Gasteiger partial charge in [0.2, 0.25) is 5.78 Å². The summed E-state index contributed by atoms with van der Waals surface area (Å²) in [5.41, 5.74) is 1.68. The van der Waals surface area contributed by atoms with Crippen molar-refractivity contribution in [3.8, 4) is 0 Å². The van der Waals surface area contributed by atoms with Gasteiger partial charge in [0.15, 0.2) is 5.76 Å². The number of hydrogen-bond acceptors (Lipinski definition) is 6. The Morgan fingerprint density at radius 1 is 1.07 bits per heavy atom. The summed E-state index contributed by atoms with van der Waals surface area (Å²) in [6, 6.07) is 9.87. The number of ketones is 1. The van der Waals surface area contributed by atoms with Crippen LogP contribution in [0.15, 0.2) is 77.9 Å². The Hall–Kier alpha value is -3.32. The molecule has 1 N–H and O–H groups in total. The summed E-state index contributed by atoms with van der Waals surface area (Å²) in [7, 11) is 0. The third-order valence-corrected chi connectivity index (χ3v) is 5.29. The van der Waals surface area contributed by atoms with Gasteiger partial charge in [0, 0.05) is 31.3 Å². The zero-order valence-electron chi connectivity index (χ0n) is 14.1. The molecule has 0 spiro atoms. The lowest BCUT2D eigenvalue weighted by molar-refractivity contribution is -0.130. The zero-order valence-corrected chi connectivity index (χ0v) is 15.0. The first-order valence-electron chi connectivity index (χ1n) is 8.28. The Morgan fingerprint density at radius 2 is 1.74 bits per heavy atom. The maximum atomic E-state index is 13.0. The minimum Gasteiger partial charge on any atom is -0.503 e. The number of aromatic nitrogens is 2. The minimum absolute atomic E-state index is 0.0997. The number of carbonyl (C=O) groups excluding carboxylic acids is 2. The van der Waals surface area contributed by atoms with Gasteiger partial charge < -0.3 is 10.0 Å². The molecule has 0 bridgehead atoms. The maximum Gasteiger partial charge on any atom is 0.290 e. The first-order chi connectivity index (χ1) is 13.2. The van der Waals surface area contributed by atoms with Crippen LogP contribution in [-0.2, 0) is 11.3 Å². The second kappa shape index (κ2) is 7.13. The Morgan fingerprint density at radius 3 is 2.37 bits per heavy atom. The fourth-order valence-corrected chi connectivity index (χ4v) is 3.84. The molecule has 0 radical (unpaired) electrons. The quantitative estimate of drug-likeness (QED) is 0.690. The van der Waals surface area contributed by atoms with Crippen LogP contribution in [0, 0.1) is 0 Å². The highest BCUT2D eigenvalue weighted by Gasteiger charge is 2.43. The minimum atomic E-state index is -0.678. The molecule has 134 valence electrons. The molecule has 3 aromatic rings. The fourth-order valence-electron chi connectivity index (χ4n) is 3.17. The van der Waals surface area contributed by atoms with E-state index in [0.29, 0.717) is 4.88 Å². The molecule has 0 fully saturated rings. The van der Waals surface area contributed by atoms with Crippen molar-refractivity contribution in [2.24, 2.45) is 0 Å². The van der Waals surface area contributed by atoms with Crippen molar-refractivity contribution < 1.29 is 14.7 Å². The van der Waals surface area contributed by atoms with Gasteiger partial charge in [0.1, 0.15) is 0 Å². The average Bonchev–Trinajstić information content (AvgIpc) is 3.32. The van der Waals surface area contributed by atoms with Gasteiger partial charge in [0.05, 0.1) is 16.5 Å².